The summed E-state index contributed by atoms with van der Waals surface area (Å²) in [6.45, 7) is 1.81. The lowest BCUT2D eigenvalue weighted by Crippen LogP contribution is -2.25. The van der Waals surface area contributed by atoms with Gasteiger partial charge >= 0.3 is 0 Å². The molecule has 0 saturated heterocycles. The molecule has 0 unspecified atom stereocenters. The molecule has 88 valence electrons. The van der Waals surface area contributed by atoms with Crippen molar-refractivity contribution in [1.82, 2.24) is 4.98 Å². The summed E-state index contributed by atoms with van der Waals surface area (Å²) in [6.07, 6.45) is 0. The van der Waals surface area contributed by atoms with Gasteiger partial charge in [0.05, 0.1) is 11.2 Å². The van der Waals surface area contributed by atoms with Crippen LogP contribution in [0.15, 0.2) is 29.8 Å². The van der Waals surface area contributed by atoms with E-state index in [4.69, 9.17) is 0 Å². The van der Waals surface area contributed by atoms with E-state index in [1.54, 1.807) is 43.7 Å². The maximum absolute atomic E-state index is 12.2. The summed E-state index contributed by atoms with van der Waals surface area (Å²) < 4.78 is 0. The molecular formula is C12H12N2O2S. The van der Waals surface area contributed by atoms with Crippen LogP contribution in [0.3, 0.4) is 0 Å². The van der Waals surface area contributed by atoms with Crippen molar-refractivity contribution in [2.45, 2.75) is 6.92 Å². The standard InChI is InChI=1S/C12H12N2O2S/c1-8-11(17-7-13-8)12(16)14(2)9-4-3-5-10(15)6-9/h3-7,15H,1-2H3. The number of phenols is 1. The van der Waals surface area contributed by atoms with E-state index in [1.807, 2.05) is 0 Å². The molecule has 0 atom stereocenters. The first kappa shape index (κ1) is 11.6. The molecule has 0 bridgehead atoms. The number of amides is 1. The monoisotopic (exact) mass is 248 g/mol. The van der Waals surface area contributed by atoms with Gasteiger partial charge in [-0.3, -0.25) is 4.79 Å². The van der Waals surface area contributed by atoms with Gasteiger partial charge in [-0.1, -0.05) is 6.07 Å². The molecule has 0 spiro atoms. The second-order valence-electron chi connectivity index (χ2n) is 3.65. The van der Waals surface area contributed by atoms with Gasteiger partial charge < -0.3 is 10.0 Å². The molecule has 0 aliphatic rings. The zero-order valence-corrected chi connectivity index (χ0v) is 10.4. The summed E-state index contributed by atoms with van der Waals surface area (Å²) in [5, 5.41) is 9.38. The van der Waals surface area contributed by atoms with Crippen LogP contribution in [0.1, 0.15) is 15.4 Å². The number of thiazole rings is 1. The van der Waals surface area contributed by atoms with Crippen LogP contribution in [0.2, 0.25) is 0 Å². The zero-order chi connectivity index (χ0) is 12.4. The molecule has 2 aromatic rings. The molecule has 0 aliphatic carbocycles. The Morgan fingerprint density at radius 2 is 2.24 bits per heavy atom. The number of phenolic OH excluding ortho intramolecular Hbond substituents is 1. The molecule has 1 heterocycles. The van der Waals surface area contributed by atoms with Gasteiger partial charge in [0.1, 0.15) is 10.6 Å². The predicted octanol–water partition coefficient (Wildman–Crippen LogP) is 2.43. The third kappa shape index (κ3) is 2.29. The molecule has 0 aliphatic heterocycles. The number of benzene rings is 1. The van der Waals surface area contributed by atoms with Gasteiger partial charge in [0, 0.05) is 18.8 Å². The molecule has 17 heavy (non-hydrogen) atoms. The normalized spacial score (nSPS) is 10.2. The first-order valence-corrected chi connectivity index (χ1v) is 5.94. The quantitative estimate of drug-likeness (QED) is 0.888. The molecule has 0 fully saturated rings. The highest BCUT2D eigenvalue weighted by Gasteiger charge is 2.17. The molecule has 4 nitrogen and oxygen atoms in total. The highest BCUT2D eigenvalue weighted by atomic mass is 32.1. The van der Waals surface area contributed by atoms with Gasteiger partial charge in [-0.15, -0.1) is 11.3 Å². The number of carbonyl (C=O) groups is 1. The van der Waals surface area contributed by atoms with Crippen LogP contribution in [0.5, 0.6) is 5.75 Å². The molecule has 0 radical (unpaired) electrons. The summed E-state index contributed by atoms with van der Waals surface area (Å²) in [4.78, 5) is 18.3. The van der Waals surface area contributed by atoms with E-state index in [0.717, 1.165) is 5.69 Å². The van der Waals surface area contributed by atoms with Gasteiger partial charge in [0.15, 0.2) is 0 Å². The lowest BCUT2D eigenvalue weighted by Gasteiger charge is -2.16. The van der Waals surface area contributed by atoms with E-state index in [9.17, 15) is 9.90 Å². The van der Waals surface area contributed by atoms with Gasteiger partial charge in [0.2, 0.25) is 0 Å². The molecule has 1 aromatic carbocycles. The van der Waals surface area contributed by atoms with Crippen molar-refractivity contribution in [1.29, 1.82) is 0 Å². The van der Waals surface area contributed by atoms with Gasteiger partial charge in [-0.25, -0.2) is 4.98 Å². The first-order chi connectivity index (χ1) is 8.09. The number of aromatic nitrogens is 1. The number of rotatable bonds is 2. The van der Waals surface area contributed by atoms with Gasteiger partial charge in [-0.2, -0.15) is 0 Å². The number of anilines is 1. The summed E-state index contributed by atoms with van der Waals surface area (Å²) in [7, 11) is 1.68. The predicted molar refractivity (Wildman–Crippen MR) is 67.7 cm³/mol. The highest BCUT2D eigenvalue weighted by Crippen LogP contribution is 2.22. The van der Waals surface area contributed by atoms with Crippen molar-refractivity contribution < 1.29 is 9.90 Å². The molecular weight excluding hydrogens is 236 g/mol. The fourth-order valence-corrected chi connectivity index (χ4v) is 2.26. The van der Waals surface area contributed by atoms with Crippen molar-refractivity contribution >= 4 is 22.9 Å². The zero-order valence-electron chi connectivity index (χ0n) is 9.54. The van der Waals surface area contributed by atoms with E-state index in [-0.39, 0.29) is 11.7 Å². The third-order valence-corrected chi connectivity index (χ3v) is 3.38. The lowest BCUT2D eigenvalue weighted by atomic mass is 10.2. The van der Waals surface area contributed by atoms with Crippen molar-refractivity contribution in [3.05, 3.63) is 40.3 Å². The van der Waals surface area contributed by atoms with Gasteiger partial charge in [0.25, 0.3) is 5.91 Å². The average molecular weight is 248 g/mol. The Bertz CT molecular complexity index is 551. The molecule has 1 aromatic heterocycles. The van der Waals surface area contributed by atoms with E-state index in [1.165, 1.54) is 16.2 Å². The molecule has 5 heteroatoms. The fourth-order valence-electron chi connectivity index (χ4n) is 1.48. The summed E-state index contributed by atoms with van der Waals surface area (Å²) in [5.74, 6) is 0.0266. The number of carbonyl (C=O) groups excluding carboxylic acids is 1. The third-order valence-electron chi connectivity index (χ3n) is 2.46. The van der Waals surface area contributed by atoms with Crippen LogP contribution < -0.4 is 4.90 Å². The topological polar surface area (TPSA) is 53.4 Å². The van der Waals surface area contributed by atoms with Crippen LogP contribution in [0.4, 0.5) is 5.69 Å². The average Bonchev–Trinajstić information content (AvgIpc) is 2.73. The number of hydrogen-bond donors (Lipinski definition) is 1. The number of nitrogens with zero attached hydrogens (tertiary/aromatic N) is 2. The number of aromatic hydroxyl groups is 1. The fraction of sp³-hybridized carbons (Fsp3) is 0.167. The minimum absolute atomic E-state index is 0.115. The maximum atomic E-state index is 12.2. The number of aryl methyl sites for hydroxylation is 1. The van der Waals surface area contributed by atoms with Gasteiger partial charge in [-0.05, 0) is 19.1 Å². The van der Waals surface area contributed by atoms with E-state index >= 15 is 0 Å². The highest BCUT2D eigenvalue weighted by molar-refractivity contribution is 7.12. The summed E-state index contributed by atoms with van der Waals surface area (Å²) in [6, 6.07) is 6.59. The van der Waals surface area contributed by atoms with Crippen LogP contribution in [-0.4, -0.2) is 23.0 Å². The van der Waals surface area contributed by atoms with Crippen LogP contribution in [0.25, 0.3) is 0 Å². The van der Waals surface area contributed by atoms with Crippen LogP contribution in [0, 0.1) is 6.92 Å². The largest absolute Gasteiger partial charge is 0.508 e. The molecule has 2 rings (SSSR count). The Hall–Kier alpha value is -1.88. The van der Waals surface area contributed by atoms with Crippen molar-refractivity contribution in [3.8, 4) is 5.75 Å². The Morgan fingerprint density at radius 1 is 1.47 bits per heavy atom. The van der Waals surface area contributed by atoms with Crippen molar-refractivity contribution in [3.63, 3.8) is 0 Å². The van der Waals surface area contributed by atoms with E-state index < -0.39 is 0 Å². The smallest absolute Gasteiger partial charge is 0.270 e. The Labute approximate surface area is 103 Å². The summed E-state index contributed by atoms with van der Waals surface area (Å²) in [5.41, 5.74) is 3.04. The first-order valence-electron chi connectivity index (χ1n) is 5.07. The SMILES string of the molecule is Cc1ncsc1C(=O)N(C)c1cccc(O)c1. The molecule has 1 N–H and O–H groups in total. The Kier molecular flexibility index (Phi) is 3.10. The minimum atomic E-state index is -0.115. The van der Waals surface area contributed by atoms with Crippen LogP contribution in [-0.2, 0) is 0 Å². The van der Waals surface area contributed by atoms with E-state index in [0.29, 0.717) is 10.6 Å². The second kappa shape index (κ2) is 4.55. The van der Waals surface area contributed by atoms with E-state index in [2.05, 4.69) is 4.98 Å². The Balaban J connectivity index is 2.30. The second-order valence-corrected chi connectivity index (χ2v) is 4.51. The summed E-state index contributed by atoms with van der Waals surface area (Å²) >= 11 is 1.32. The molecule has 0 saturated carbocycles. The maximum Gasteiger partial charge on any atom is 0.270 e. The molecule has 1 amide bonds. The Morgan fingerprint density at radius 3 is 2.82 bits per heavy atom. The van der Waals surface area contributed by atoms with Crippen molar-refractivity contribution in [2.75, 3.05) is 11.9 Å². The lowest BCUT2D eigenvalue weighted by molar-refractivity contribution is 0.0996. The van der Waals surface area contributed by atoms with Crippen molar-refractivity contribution in [2.24, 2.45) is 0 Å². The van der Waals surface area contributed by atoms with Crippen LogP contribution >= 0.6 is 11.3 Å². The minimum Gasteiger partial charge on any atom is -0.508 e. The number of hydrogen-bond acceptors (Lipinski definition) is 4.